The van der Waals surface area contributed by atoms with Gasteiger partial charge in [-0.1, -0.05) is 43.7 Å². The molecular weight excluding hydrogens is 468 g/mol. The SMILES string of the molecule is C=CCN1C(=O)N[C@H](c2cccc(Cl)c2)C2=C1CN(CC(=O)N(CC(C)C)C[C@H]1CCCO1)C2=O. The largest absolute Gasteiger partial charge is 0.376 e. The minimum Gasteiger partial charge on any atom is -0.376 e. The van der Waals surface area contributed by atoms with Crippen LogP contribution in [0.2, 0.25) is 5.02 Å². The van der Waals surface area contributed by atoms with Crippen molar-refractivity contribution in [1.82, 2.24) is 20.0 Å². The average molecular weight is 501 g/mol. The summed E-state index contributed by atoms with van der Waals surface area (Å²) in [6.45, 7) is 10.1. The molecule has 0 unspecified atom stereocenters. The van der Waals surface area contributed by atoms with Crippen LogP contribution in [-0.4, -0.2) is 78.0 Å². The molecule has 1 aromatic carbocycles. The zero-order valence-corrected chi connectivity index (χ0v) is 21.1. The molecule has 4 rings (SSSR count). The first-order valence-corrected chi connectivity index (χ1v) is 12.5. The first-order chi connectivity index (χ1) is 16.8. The van der Waals surface area contributed by atoms with Crippen LogP contribution in [0.25, 0.3) is 0 Å². The lowest BCUT2D eigenvalue weighted by atomic mass is 9.95. The molecule has 3 heterocycles. The van der Waals surface area contributed by atoms with E-state index in [-0.39, 0.29) is 49.5 Å². The van der Waals surface area contributed by atoms with Crippen molar-refractivity contribution in [2.45, 2.75) is 38.8 Å². The van der Waals surface area contributed by atoms with E-state index in [9.17, 15) is 14.4 Å². The van der Waals surface area contributed by atoms with Crippen LogP contribution in [0.4, 0.5) is 4.79 Å². The molecule has 35 heavy (non-hydrogen) atoms. The number of nitrogens with one attached hydrogen (secondary N) is 1. The van der Waals surface area contributed by atoms with Gasteiger partial charge in [-0.05, 0) is 36.5 Å². The number of halogens is 1. The highest BCUT2D eigenvalue weighted by molar-refractivity contribution is 6.30. The lowest BCUT2D eigenvalue weighted by Crippen LogP contribution is -2.47. The fourth-order valence-electron chi connectivity index (χ4n) is 4.95. The maximum Gasteiger partial charge on any atom is 0.322 e. The zero-order valence-electron chi connectivity index (χ0n) is 20.3. The molecule has 1 saturated heterocycles. The van der Waals surface area contributed by atoms with Gasteiger partial charge < -0.3 is 19.9 Å². The number of carbonyl (C=O) groups excluding carboxylic acids is 3. The molecule has 0 saturated carbocycles. The number of ether oxygens (including phenoxy) is 1. The van der Waals surface area contributed by atoms with E-state index < -0.39 is 6.04 Å². The van der Waals surface area contributed by atoms with Crippen molar-refractivity contribution in [2.75, 3.05) is 39.3 Å². The molecule has 1 N–H and O–H groups in total. The Labute approximate surface area is 211 Å². The van der Waals surface area contributed by atoms with Crippen molar-refractivity contribution in [2.24, 2.45) is 5.92 Å². The lowest BCUT2D eigenvalue weighted by Gasteiger charge is -2.33. The van der Waals surface area contributed by atoms with E-state index in [1.165, 1.54) is 9.80 Å². The van der Waals surface area contributed by atoms with Crippen LogP contribution in [0, 0.1) is 5.92 Å². The van der Waals surface area contributed by atoms with E-state index >= 15 is 0 Å². The average Bonchev–Trinajstić information content (AvgIpc) is 3.43. The van der Waals surface area contributed by atoms with Crippen molar-refractivity contribution >= 4 is 29.4 Å². The summed E-state index contributed by atoms with van der Waals surface area (Å²) in [4.78, 5) is 44.8. The normalized spacial score (nSPS) is 22.1. The highest BCUT2D eigenvalue weighted by Crippen LogP contribution is 2.36. The Balaban J connectivity index is 1.57. The van der Waals surface area contributed by atoms with Crippen LogP contribution >= 0.6 is 11.6 Å². The minimum absolute atomic E-state index is 0.0374. The van der Waals surface area contributed by atoms with Crippen LogP contribution in [-0.2, 0) is 14.3 Å². The third-order valence-corrected chi connectivity index (χ3v) is 6.74. The number of rotatable bonds is 9. The minimum atomic E-state index is -0.636. The fourth-order valence-corrected chi connectivity index (χ4v) is 5.15. The van der Waals surface area contributed by atoms with Gasteiger partial charge in [-0.2, -0.15) is 0 Å². The van der Waals surface area contributed by atoms with Crippen LogP contribution in [0.1, 0.15) is 38.3 Å². The maximum absolute atomic E-state index is 13.6. The summed E-state index contributed by atoms with van der Waals surface area (Å²) < 4.78 is 5.75. The molecule has 0 radical (unpaired) electrons. The number of nitrogens with zero attached hydrogens (tertiary/aromatic N) is 3. The summed E-state index contributed by atoms with van der Waals surface area (Å²) in [5, 5.41) is 3.45. The molecule has 9 heteroatoms. The van der Waals surface area contributed by atoms with Gasteiger partial charge in [0.2, 0.25) is 5.91 Å². The Morgan fingerprint density at radius 1 is 1.37 bits per heavy atom. The summed E-state index contributed by atoms with van der Waals surface area (Å²) in [5.74, 6) is -0.0802. The van der Waals surface area contributed by atoms with Gasteiger partial charge in [0.1, 0.15) is 6.54 Å². The second-order valence-electron chi connectivity index (χ2n) is 9.69. The first kappa shape index (κ1) is 25.3. The van der Waals surface area contributed by atoms with E-state index in [1.807, 2.05) is 11.0 Å². The van der Waals surface area contributed by atoms with E-state index in [1.54, 1.807) is 24.3 Å². The molecule has 8 nitrogen and oxygen atoms in total. The van der Waals surface area contributed by atoms with Gasteiger partial charge in [0.25, 0.3) is 5.91 Å². The molecule has 0 aromatic heterocycles. The zero-order chi connectivity index (χ0) is 25.1. The fraction of sp³-hybridized carbons (Fsp3) is 0.500. The predicted octanol–water partition coefficient (Wildman–Crippen LogP) is 3.35. The Kier molecular flexibility index (Phi) is 7.82. The van der Waals surface area contributed by atoms with E-state index in [2.05, 4.69) is 25.7 Å². The van der Waals surface area contributed by atoms with Crippen molar-refractivity contribution in [1.29, 1.82) is 0 Å². The molecule has 3 aliphatic heterocycles. The van der Waals surface area contributed by atoms with Crippen molar-refractivity contribution in [3.63, 3.8) is 0 Å². The summed E-state index contributed by atoms with van der Waals surface area (Å²) >= 11 is 6.19. The summed E-state index contributed by atoms with van der Waals surface area (Å²) in [7, 11) is 0. The summed E-state index contributed by atoms with van der Waals surface area (Å²) in [6.07, 6.45) is 3.59. The smallest absolute Gasteiger partial charge is 0.322 e. The molecule has 4 amide bonds. The number of hydrogen-bond acceptors (Lipinski definition) is 4. The van der Waals surface area contributed by atoms with Crippen LogP contribution < -0.4 is 5.32 Å². The number of benzene rings is 1. The summed E-state index contributed by atoms with van der Waals surface area (Å²) in [6, 6.07) is 6.16. The highest BCUT2D eigenvalue weighted by atomic mass is 35.5. The first-order valence-electron chi connectivity index (χ1n) is 12.1. The third-order valence-electron chi connectivity index (χ3n) is 6.50. The molecule has 3 aliphatic rings. The van der Waals surface area contributed by atoms with E-state index in [0.717, 1.165) is 25.0 Å². The van der Waals surface area contributed by atoms with Crippen molar-refractivity contribution in [3.8, 4) is 0 Å². The van der Waals surface area contributed by atoms with Gasteiger partial charge in [-0.15, -0.1) is 6.58 Å². The molecule has 1 aromatic rings. The molecule has 188 valence electrons. The van der Waals surface area contributed by atoms with Gasteiger partial charge >= 0.3 is 6.03 Å². The molecule has 1 fully saturated rings. The van der Waals surface area contributed by atoms with Crippen LogP contribution in [0.3, 0.4) is 0 Å². The number of amides is 4. The number of hydrogen-bond donors (Lipinski definition) is 1. The van der Waals surface area contributed by atoms with Gasteiger partial charge in [-0.25, -0.2) is 4.79 Å². The molecule has 0 aliphatic carbocycles. The Bertz CT molecular complexity index is 1030. The van der Waals surface area contributed by atoms with Crippen molar-refractivity contribution in [3.05, 3.63) is 58.8 Å². The van der Waals surface area contributed by atoms with E-state index in [4.69, 9.17) is 16.3 Å². The lowest BCUT2D eigenvalue weighted by molar-refractivity contribution is -0.139. The van der Waals surface area contributed by atoms with Crippen LogP contribution in [0.5, 0.6) is 0 Å². The van der Waals surface area contributed by atoms with E-state index in [0.29, 0.717) is 29.4 Å². The molecule has 2 atom stereocenters. The summed E-state index contributed by atoms with van der Waals surface area (Å²) in [5.41, 5.74) is 1.79. The maximum atomic E-state index is 13.6. The van der Waals surface area contributed by atoms with Gasteiger partial charge in [0.15, 0.2) is 0 Å². The second kappa shape index (κ2) is 10.8. The highest BCUT2D eigenvalue weighted by Gasteiger charge is 2.44. The predicted molar refractivity (Wildman–Crippen MR) is 134 cm³/mol. The Morgan fingerprint density at radius 3 is 2.83 bits per heavy atom. The molecule has 0 spiro atoms. The quantitative estimate of drug-likeness (QED) is 0.527. The van der Waals surface area contributed by atoms with Gasteiger partial charge in [0, 0.05) is 31.3 Å². The topological polar surface area (TPSA) is 82.2 Å². The monoisotopic (exact) mass is 500 g/mol. The number of urea groups is 1. The van der Waals surface area contributed by atoms with Crippen molar-refractivity contribution < 1.29 is 19.1 Å². The standard InChI is InChI=1S/C26H33ClN4O4/c1-4-10-31-21-15-30(16-22(32)29(13-17(2)3)14-20-9-6-11-35-20)25(33)23(21)24(28-26(31)34)18-7-5-8-19(27)12-18/h4-5,7-8,12,17,20,24H,1,6,9-11,13-16H2,2-3H3,(H,28,34)/t20-,24-/m1/s1. The van der Waals surface area contributed by atoms with Gasteiger partial charge in [-0.3, -0.25) is 14.5 Å². The van der Waals surface area contributed by atoms with Crippen LogP contribution in [0.15, 0.2) is 48.2 Å². The third kappa shape index (κ3) is 5.54. The Hall–Kier alpha value is -2.84. The number of carbonyl (C=O) groups is 3. The molecular formula is C26H33ClN4O4. The Morgan fingerprint density at radius 2 is 2.17 bits per heavy atom. The molecule has 0 bridgehead atoms. The van der Waals surface area contributed by atoms with Gasteiger partial charge in [0.05, 0.1) is 30.0 Å². The second-order valence-corrected chi connectivity index (χ2v) is 10.1.